The van der Waals surface area contributed by atoms with Crippen molar-refractivity contribution in [1.82, 2.24) is 0 Å². The molecule has 0 saturated carbocycles. The Bertz CT molecular complexity index is 678. The Balaban J connectivity index is 1.99. The summed E-state index contributed by atoms with van der Waals surface area (Å²) in [7, 11) is -2.91. The third-order valence-corrected chi connectivity index (χ3v) is 8.09. The highest BCUT2D eigenvalue weighted by molar-refractivity contribution is 7.42. The lowest BCUT2D eigenvalue weighted by atomic mass is 9.80. The van der Waals surface area contributed by atoms with Gasteiger partial charge in [0.1, 0.15) is 11.5 Å². The van der Waals surface area contributed by atoms with Crippen LogP contribution in [0, 0.1) is 0 Å². The Morgan fingerprint density at radius 1 is 0.600 bits per heavy atom. The van der Waals surface area contributed by atoms with E-state index < -0.39 is 17.2 Å². The summed E-state index contributed by atoms with van der Waals surface area (Å²) >= 11 is 0. The van der Waals surface area contributed by atoms with Crippen LogP contribution in [0.5, 0.6) is 11.5 Å². The van der Waals surface area contributed by atoms with Gasteiger partial charge in [-0.05, 0) is 44.6 Å². The highest BCUT2D eigenvalue weighted by Crippen LogP contribution is 2.55. The van der Waals surface area contributed by atoms with Gasteiger partial charge in [-0.2, -0.15) is 0 Å². The van der Waals surface area contributed by atoms with Gasteiger partial charge in [0, 0.05) is 17.2 Å². The monoisotopic (exact) mass is 458 g/mol. The molecule has 2 saturated heterocycles. The molecule has 4 atom stereocenters. The zero-order chi connectivity index (χ0) is 22.4. The van der Waals surface area contributed by atoms with E-state index in [-0.39, 0.29) is 35.2 Å². The zero-order valence-electron chi connectivity index (χ0n) is 19.8. The zero-order valence-corrected chi connectivity index (χ0v) is 21.6. The van der Waals surface area contributed by atoms with Crippen LogP contribution in [0.25, 0.3) is 0 Å². The molecule has 0 unspecified atom stereocenters. The first kappa shape index (κ1) is 24.2. The van der Waals surface area contributed by atoms with E-state index in [1.165, 1.54) is 0 Å². The molecule has 3 rings (SSSR count). The van der Waals surface area contributed by atoms with Crippen molar-refractivity contribution in [2.45, 2.75) is 104 Å². The molecule has 2 aliphatic heterocycles. The van der Waals surface area contributed by atoms with Gasteiger partial charge in [-0.25, -0.2) is 0 Å². The molecular formula is C22H36O6P2. The molecule has 0 bridgehead atoms. The third-order valence-electron chi connectivity index (χ3n) is 5.38. The van der Waals surface area contributed by atoms with Gasteiger partial charge in [-0.3, -0.25) is 18.1 Å². The average Bonchev–Trinajstić information content (AvgIpc) is 3.06. The van der Waals surface area contributed by atoms with E-state index in [2.05, 4.69) is 47.6 Å². The summed E-state index contributed by atoms with van der Waals surface area (Å²) in [5.41, 5.74) is 1.91. The smallest absolute Gasteiger partial charge is 0.397 e. The van der Waals surface area contributed by atoms with E-state index >= 15 is 0 Å². The summed E-state index contributed by atoms with van der Waals surface area (Å²) in [5.74, 6) is 1.43. The standard InChI is InChI=1S/C22H36O6P2/c1-13-14(2)24-29(23-13)27-19-12-20(28-30-25-15(3)16(4)26-30)18(22(8,9)10)11-17(19)21(5,6)7/h11-16H,1-10H3/t13-,14-,15-,16-/m1/s1. The Labute approximate surface area is 183 Å². The maximum absolute atomic E-state index is 6.25. The second-order valence-electron chi connectivity index (χ2n) is 10.2. The van der Waals surface area contributed by atoms with Crippen molar-refractivity contribution in [2.24, 2.45) is 0 Å². The first-order valence-electron chi connectivity index (χ1n) is 10.6. The fraction of sp³-hybridized carbons (Fsp3) is 0.727. The molecule has 0 radical (unpaired) electrons. The lowest BCUT2D eigenvalue weighted by molar-refractivity contribution is 0.187. The van der Waals surface area contributed by atoms with Crippen LogP contribution >= 0.6 is 17.2 Å². The molecule has 6 nitrogen and oxygen atoms in total. The molecule has 0 amide bonds. The maximum atomic E-state index is 6.25. The van der Waals surface area contributed by atoms with Crippen LogP contribution in [0.1, 0.15) is 80.4 Å². The molecule has 2 fully saturated rings. The maximum Gasteiger partial charge on any atom is 0.397 e. The minimum Gasteiger partial charge on any atom is -0.426 e. The van der Waals surface area contributed by atoms with Crippen molar-refractivity contribution >= 4 is 17.2 Å². The van der Waals surface area contributed by atoms with Gasteiger partial charge < -0.3 is 9.05 Å². The highest BCUT2D eigenvalue weighted by Gasteiger charge is 2.38. The summed E-state index contributed by atoms with van der Waals surface area (Å²) in [4.78, 5) is 0. The van der Waals surface area contributed by atoms with Crippen LogP contribution in [0.3, 0.4) is 0 Å². The Hall–Kier alpha value is -0.480. The number of hydrogen-bond donors (Lipinski definition) is 0. The SMILES string of the molecule is C[C@H]1OP(Oc2cc(OP3O[C@H](C)[C@@H](C)O3)c(C(C)(C)C)cc2C(C)(C)C)O[C@@H]1C. The van der Waals surface area contributed by atoms with Crippen molar-refractivity contribution in [3.8, 4) is 11.5 Å². The minimum absolute atomic E-state index is 0.00508. The van der Waals surface area contributed by atoms with Crippen molar-refractivity contribution in [2.75, 3.05) is 0 Å². The molecule has 1 aromatic rings. The van der Waals surface area contributed by atoms with Gasteiger partial charge in [0.05, 0.1) is 24.4 Å². The second-order valence-corrected chi connectivity index (χ2v) is 12.3. The van der Waals surface area contributed by atoms with Gasteiger partial charge in [0.15, 0.2) is 0 Å². The molecule has 2 heterocycles. The Morgan fingerprint density at radius 3 is 1.17 bits per heavy atom. The van der Waals surface area contributed by atoms with Crippen LogP contribution < -0.4 is 9.05 Å². The van der Waals surface area contributed by atoms with Gasteiger partial charge in [-0.15, -0.1) is 0 Å². The van der Waals surface area contributed by atoms with E-state index in [0.717, 1.165) is 11.1 Å². The number of rotatable bonds is 4. The predicted molar refractivity (Wildman–Crippen MR) is 121 cm³/mol. The molecule has 0 spiro atoms. The molecule has 1 aromatic carbocycles. The van der Waals surface area contributed by atoms with Gasteiger partial charge in [0.25, 0.3) is 0 Å². The largest absolute Gasteiger partial charge is 0.426 e. The molecular weight excluding hydrogens is 422 g/mol. The van der Waals surface area contributed by atoms with Crippen LogP contribution in [0.4, 0.5) is 0 Å². The van der Waals surface area contributed by atoms with Crippen molar-refractivity contribution in [3.05, 3.63) is 23.3 Å². The molecule has 0 N–H and O–H groups in total. The highest BCUT2D eigenvalue weighted by atomic mass is 31.2. The fourth-order valence-electron chi connectivity index (χ4n) is 3.07. The van der Waals surface area contributed by atoms with E-state index in [9.17, 15) is 0 Å². The van der Waals surface area contributed by atoms with Gasteiger partial charge in [0.2, 0.25) is 0 Å². The lowest BCUT2D eigenvalue weighted by Crippen LogP contribution is -2.18. The Kier molecular flexibility index (Phi) is 7.10. The van der Waals surface area contributed by atoms with E-state index in [0.29, 0.717) is 11.5 Å². The average molecular weight is 458 g/mol. The van der Waals surface area contributed by atoms with Crippen LogP contribution in [0.2, 0.25) is 0 Å². The molecule has 30 heavy (non-hydrogen) atoms. The number of benzene rings is 1. The van der Waals surface area contributed by atoms with Crippen LogP contribution in [-0.2, 0) is 28.9 Å². The van der Waals surface area contributed by atoms with Gasteiger partial charge in [-0.1, -0.05) is 41.5 Å². The molecule has 0 aromatic heterocycles. The lowest BCUT2D eigenvalue weighted by Gasteiger charge is -2.29. The van der Waals surface area contributed by atoms with Crippen LogP contribution in [0.15, 0.2) is 12.1 Å². The fourth-order valence-corrected chi connectivity index (χ4v) is 5.73. The summed E-state index contributed by atoms with van der Waals surface area (Å²) in [5, 5.41) is 0. The quantitative estimate of drug-likeness (QED) is 0.447. The van der Waals surface area contributed by atoms with Crippen molar-refractivity contribution in [1.29, 1.82) is 0 Å². The Morgan fingerprint density at radius 2 is 0.900 bits per heavy atom. The van der Waals surface area contributed by atoms with E-state index in [1.54, 1.807) is 0 Å². The normalized spacial score (nSPS) is 28.9. The first-order valence-corrected chi connectivity index (χ1v) is 12.8. The number of hydrogen-bond acceptors (Lipinski definition) is 6. The van der Waals surface area contributed by atoms with Crippen molar-refractivity contribution in [3.63, 3.8) is 0 Å². The summed E-state index contributed by atoms with van der Waals surface area (Å²) in [6, 6.07) is 4.13. The van der Waals surface area contributed by atoms with E-state index in [4.69, 9.17) is 27.1 Å². The first-order chi connectivity index (χ1) is 13.8. The van der Waals surface area contributed by atoms with Crippen molar-refractivity contribution < 1.29 is 27.1 Å². The molecule has 8 heteroatoms. The summed E-state index contributed by atoms with van der Waals surface area (Å²) < 4.78 is 36.0. The molecule has 170 valence electrons. The third kappa shape index (κ3) is 5.46. The molecule has 0 aliphatic carbocycles. The predicted octanol–water partition coefficient (Wildman–Crippen LogP) is 7.14. The summed E-state index contributed by atoms with van der Waals surface area (Å²) in [6.45, 7) is 21.0. The topological polar surface area (TPSA) is 55.4 Å². The van der Waals surface area contributed by atoms with Crippen LogP contribution in [-0.4, -0.2) is 24.4 Å². The second kappa shape index (κ2) is 8.81. The summed E-state index contributed by atoms with van der Waals surface area (Å²) in [6.07, 6.45) is 0.0203. The van der Waals surface area contributed by atoms with Gasteiger partial charge >= 0.3 is 17.2 Å². The van der Waals surface area contributed by atoms with E-state index in [1.807, 2.05) is 33.8 Å². The minimum atomic E-state index is -1.46. The molecule has 2 aliphatic rings.